The van der Waals surface area contributed by atoms with Crippen LogP contribution in [0.2, 0.25) is 0 Å². The summed E-state index contributed by atoms with van der Waals surface area (Å²) in [5.74, 6) is -2.39. The Morgan fingerprint density at radius 2 is 2.00 bits per heavy atom. The summed E-state index contributed by atoms with van der Waals surface area (Å²) in [5.41, 5.74) is -1.45. The maximum Gasteiger partial charge on any atom is 0.474 e. The van der Waals surface area contributed by atoms with Gasteiger partial charge in [-0.3, -0.25) is 9.59 Å². The Balaban J connectivity index is 1.42. The van der Waals surface area contributed by atoms with Crippen LogP contribution in [0, 0.1) is 34.0 Å². The van der Waals surface area contributed by atoms with Crippen LogP contribution in [-0.2, 0) is 19.1 Å². The van der Waals surface area contributed by atoms with Crippen molar-refractivity contribution >= 4 is 36.4 Å². The van der Waals surface area contributed by atoms with Crippen LogP contribution in [0.5, 0.6) is 5.75 Å². The summed E-state index contributed by atoms with van der Waals surface area (Å²) in [6, 6.07) is 4.82. The lowest BCUT2D eigenvalue weighted by Crippen LogP contribution is -2.63. The predicted octanol–water partition coefficient (Wildman–Crippen LogP) is 2.80. The monoisotopic (exact) mass is 582 g/mol. The number of ketones is 1. The zero-order valence-electron chi connectivity index (χ0n) is 24.9. The smallest absolute Gasteiger partial charge is 0.474 e. The van der Waals surface area contributed by atoms with Gasteiger partial charge in [-0.25, -0.2) is 14.1 Å². The van der Waals surface area contributed by atoms with Gasteiger partial charge in [0.15, 0.2) is 18.6 Å². The molecule has 4 aliphatic rings. The highest BCUT2D eigenvalue weighted by Gasteiger charge is 2.70. The third-order valence-corrected chi connectivity index (χ3v) is 11.1. The lowest BCUT2D eigenvalue weighted by Gasteiger charge is -2.61. The van der Waals surface area contributed by atoms with Crippen molar-refractivity contribution in [1.29, 1.82) is 0 Å². The van der Waals surface area contributed by atoms with Gasteiger partial charge in [0.25, 0.3) is 0 Å². The molecule has 3 aliphatic carbocycles. The van der Waals surface area contributed by atoms with Crippen molar-refractivity contribution in [3.8, 4) is 5.75 Å². The third-order valence-electron chi connectivity index (χ3n) is 11.1. The average Bonchev–Trinajstić information content (AvgIpc) is 3.23. The number of aliphatic hydroxyl groups excluding tert-OH is 1. The highest BCUT2D eigenvalue weighted by Crippen LogP contribution is 2.68. The van der Waals surface area contributed by atoms with Crippen molar-refractivity contribution in [2.45, 2.75) is 78.7 Å². The number of aliphatic hydroxyl groups is 1. The Labute approximate surface area is 246 Å². The number of fused-ring (bicyclic) bond motifs is 1. The van der Waals surface area contributed by atoms with E-state index in [1.165, 1.54) is 19.2 Å². The molecule has 3 fully saturated rings. The maximum atomic E-state index is 15.3. The fraction of sp³-hybridized carbons (Fsp3) is 0.613. The number of alkyl halides is 1. The van der Waals surface area contributed by atoms with E-state index < -0.39 is 71.9 Å². The Hall–Kier alpha value is -3.05. The predicted molar refractivity (Wildman–Crippen MR) is 155 cm³/mol. The van der Waals surface area contributed by atoms with E-state index in [9.17, 15) is 24.5 Å². The van der Waals surface area contributed by atoms with E-state index in [0.29, 0.717) is 17.4 Å². The zero-order valence-corrected chi connectivity index (χ0v) is 24.9. The molecule has 0 saturated heterocycles. The van der Waals surface area contributed by atoms with Crippen LogP contribution in [0.4, 0.5) is 4.39 Å². The van der Waals surface area contributed by atoms with Gasteiger partial charge in [0.05, 0.1) is 12.3 Å². The first-order valence-electron chi connectivity index (χ1n) is 14.7. The molecule has 0 aromatic heterocycles. The van der Waals surface area contributed by atoms with Crippen LogP contribution >= 0.6 is 0 Å². The minimum atomic E-state index is -1.62. The molecular weight excluding hydrogens is 542 g/mol. The van der Waals surface area contributed by atoms with Gasteiger partial charge in [-0.15, -0.1) is 6.58 Å². The molecule has 2 bridgehead atoms. The molecular formula is C31H40BFN2O7. The summed E-state index contributed by atoms with van der Waals surface area (Å²) in [6.07, 6.45) is 1.42. The molecule has 5 rings (SSSR count). The summed E-state index contributed by atoms with van der Waals surface area (Å²) in [6.45, 7) is 12.6. The number of amides is 1. The van der Waals surface area contributed by atoms with Crippen LogP contribution in [0.15, 0.2) is 36.0 Å². The third kappa shape index (κ3) is 4.51. The summed E-state index contributed by atoms with van der Waals surface area (Å²) < 4.78 is 27.2. The molecule has 42 heavy (non-hydrogen) atoms. The number of ether oxygens (including phenoxy) is 2. The van der Waals surface area contributed by atoms with Gasteiger partial charge in [-0.1, -0.05) is 39.8 Å². The number of rotatable bonds is 5. The molecule has 1 amide bonds. The number of benzene rings is 1. The number of carbonyl (C=O) groups is 3. The molecule has 0 unspecified atom stereocenters. The molecule has 11 heteroatoms. The Morgan fingerprint density at radius 3 is 2.67 bits per heavy atom. The number of carbonyl (C=O) groups excluding carboxylic acids is 3. The van der Waals surface area contributed by atoms with Crippen LogP contribution in [0.3, 0.4) is 0 Å². The molecule has 3 saturated carbocycles. The van der Waals surface area contributed by atoms with Crippen LogP contribution in [0.1, 0.15) is 65.9 Å². The van der Waals surface area contributed by atoms with Crippen LogP contribution in [-0.4, -0.2) is 71.0 Å². The number of hydrazone groups is 1. The van der Waals surface area contributed by atoms with Gasteiger partial charge in [-0.2, -0.15) is 5.10 Å². The second-order valence-electron chi connectivity index (χ2n) is 13.2. The number of esters is 1. The maximum absolute atomic E-state index is 15.3. The van der Waals surface area contributed by atoms with Crippen molar-refractivity contribution in [3.63, 3.8) is 0 Å². The van der Waals surface area contributed by atoms with E-state index in [1.807, 2.05) is 27.7 Å². The molecule has 226 valence electrons. The number of halogens is 1. The Bertz CT molecular complexity index is 1340. The Morgan fingerprint density at radius 1 is 1.29 bits per heavy atom. The SMILES string of the molecule is C=C[C@]1(C)C[C@@H](OC(=O)COc2ccc3c(c2)B(O)N(C(C)=O)N=C3)[C@]2(C)[C@H](C)CC[C@]3(C[C@H](F)C(=O)[C@H]32)[C@@H](C)[C@@H]1O. The molecule has 2 N–H and O–H groups in total. The molecule has 9 nitrogen and oxygen atoms in total. The first kappa shape index (κ1) is 30.4. The van der Waals surface area contributed by atoms with Gasteiger partial charge < -0.3 is 19.6 Å². The van der Waals surface area contributed by atoms with E-state index in [-0.39, 0.29) is 30.4 Å². The van der Waals surface area contributed by atoms with E-state index in [2.05, 4.69) is 11.7 Å². The van der Waals surface area contributed by atoms with E-state index in [4.69, 9.17) is 9.47 Å². The molecule has 1 aromatic carbocycles. The van der Waals surface area contributed by atoms with E-state index >= 15 is 4.39 Å². The second kappa shape index (κ2) is 10.6. The van der Waals surface area contributed by atoms with Crippen molar-refractivity contribution in [3.05, 3.63) is 36.4 Å². The highest BCUT2D eigenvalue weighted by molar-refractivity contribution is 6.67. The minimum absolute atomic E-state index is 0.0480. The van der Waals surface area contributed by atoms with Gasteiger partial charge >= 0.3 is 13.0 Å². The summed E-state index contributed by atoms with van der Waals surface area (Å²) in [7, 11) is -1.30. The molecule has 1 heterocycles. The van der Waals surface area contributed by atoms with E-state index in [0.717, 1.165) is 11.3 Å². The van der Waals surface area contributed by atoms with Gasteiger partial charge in [-0.05, 0) is 66.1 Å². The standard InChI is InChI=1S/C31H40BFN2O7/c1-7-29(5)14-24(30(6)17(2)10-11-31(18(3)28(29)39)13-23(33)26(38)27(30)31)42-25(37)16-41-21-9-8-20-15-34-35(19(4)36)32(40)22(20)12-21/h7-9,12,15,17-18,23-24,27-28,39-40H,1,10-11,13-14,16H2,2-6H3/t17-,18+,23+,24-,27+,28+,29-,30+,31+/m1/s1. The first-order chi connectivity index (χ1) is 19.7. The second-order valence-corrected chi connectivity index (χ2v) is 13.2. The zero-order chi connectivity index (χ0) is 30.8. The number of Topliss-reactive ketones (excluding diaryl/α,β-unsaturated/α-hetero) is 1. The largest absolute Gasteiger partial charge is 0.482 e. The fourth-order valence-electron chi connectivity index (χ4n) is 8.34. The molecule has 1 aromatic rings. The number of hydrogen-bond donors (Lipinski definition) is 2. The topological polar surface area (TPSA) is 126 Å². The molecule has 9 atom stereocenters. The fourth-order valence-corrected chi connectivity index (χ4v) is 8.34. The van der Waals surface area contributed by atoms with E-state index in [1.54, 1.807) is 18.2 Å². The lowest BCUT2D eigenvalue weighted by molar-refractivity contribution is -0.207. The van der Waals surface area contributed by atoms with Crippen LogP contribution in [0.25, 0.3) is 0 Å². The quantitative estimate of drug-likeness (QED) is 0.311. The highest BCUT2D eigenvalue weighted by atomic mass is 19.1. The van der Waals surface area contributed by atoms with Crippen molar-refractivity contribution < 1.29 is 38.4 Å². The van der Waals surface area contributed by atoms with Crippen LogP contribution < -0.4 is 10.2 Å². The van der Waals surface area contributed by atoms with Gasteiger partial charge in [0, 0.05) is 23.7 Å². The summed E-state index contributed by atoms with van der Waals surface area (Å²) in [5, 5.41) is 26.2. The summed E-state index contributed by atoms with van der Waals surface area (Å²) >= 11 is 0. The molecule has 1 aliphatic heterocycles. The first-order valence-corrected chi connectivity index (χ1v) is 14.7. The summed E-state index contributed by atoms with van der Waals surface area (Å²) in [4.78, 5) is 39.6. The lowest BCUT2D eigenvalue weighted by atomic mass is 9.44. The van der Waals surface area contributed by atoms with Gasteiger partial charge in [0.1, 0.15) is 11.9 Å². The van der Waals surface area contributed by atoms with Crippen molar-refractivity contribution in [2.75, 3.05) is 6.61 Å². The number of hydrogen-bond acceptors (Lipinski definition) is 8. The average molecular weight is 582 g/mol. The van der Waals surface area contributed by atoms with Crippen molar-refractivity contribution in [2.24, 2.45) is 39.1 Å². The normalized spacial score (nSPS) is 39.1. The molecule has 0 radical (unpaired) electrons. The van der Waals surface area contributed by atoms with Crippen molar-refractivity contribution in [1.82, 2.24) is 4.92 Å². The Kier molecular flexibility index (Phi) is 7.67. The number of nitrogens with zero attached hydrogens (tertiary/aromatic N) is 2. The minimum Gasteiger partial charge on any atom is -0.482 e. The molecule has 0 spiro atoms. The van der Waals surface area contributed by atoms with Gasteiger partial charge in [0.2, 0.25) is 5.91 Å².